The van der Waals surface area contributed by atoms with Gasteiger partial charge in [0.2, 0.25) is 11.9 Å². The summed E-state index contributed by atoms with van der Waals surface area (Å²) >= 11 is 0. The van der Waals surface area contributed by atoms with Crippen LogP contribution in [-0.4, -0.2) is 71.6 Å². The molecule has 11 heteroatoms. The third-order valence-corrected chi connectivity index (χ3v) is 4.66. The van der Waals surface area contributed by atoms with E-state index in [0.717, 1.165) is 5.69 Å². The average molecular weight is 416 g/mol. The highest BCUT2D eigenvalue weighted by Gasteiger charge is 2.21. The van der Waals surface area contributed by atoms with Crippen LogP contribution >= 0.6 is 0 Å². The summed E-state index contributed by atoms with van der Waals surface area (Å²) in [6.45, 7) is 5.59. The number of carbonyl (C=O) groups excluding carboxylic acids is 2. The Hall–Kier alpha value is -3.34. The molecule has 0 radical (unpaired) electrons. The van der Waals surface area contributed by atoms with E-state index in [9.17, 15) is 14.0 Å². The van der Waals surface area contributed by atoms with Gasteiger partial charge in [-0.2, -0.15) is 4.39 Å². The molecule has 0 spiro atoms. The molecule has 3 N–H and O–H groups in total. The van der Waals surface area contributed by atoms with Crippen molar-refractivity contribution >= 4 is 23.6 Å². The molecule has 2 aromatic rings. The highest BCUT2D eigenvalue weighted by Crippen LogP contribution is 2.20. The molecule has 2 aromatic heterocycles. The van der Waals surface area contributed by atoms with Crippen molar-refractivity contribution in [3.05, 3.63) is 41.7 Å². The normalized spacial score (nSPS) is 14.3. The Morgan fingerprint density at radius 1 is 1.13 bits per heavy atom. The van der Waals surface area contributed by atoms with Gasteiger partial charge in [-0.05, 0) is 25.1 Å². The summed E-state index contributed by atoms with van der Waals surface area (Å²) in [5.74, 6) is -0.820. The molecule has 3 heterocycles. The topological polar surface area (TPSA) is 115 Å². The van der Waals surface area contributed by atoms with Gasteiger partial charge in [0.25, 0.3) is 5.91 Å². The average Bonchev–Trinajstić information content (AvgIpc) is 2.74. The number of hydrogen-bond donors (Lipinski definition) is 3. The van der Waals surface area contributed by atoms with Crippen LogP contribution in [0.15, 0.2) is 24.4 Å². The molecule has 3 rings (SSSR count). The Bertz CT molecular complexity index is 902. The molecule has 10 nitrogen and oxygen atoms in total. The number of nitrogens with zero attached hydrogens (tertiary/aromatic N) is 5. The summed E-state index contributed by atoms with van der Waals surface area (Å²) in [6, 6.07) is 4.57. The fourth-order valence-electron chi connectivity index (χ4n) is 3.14. The zero-order valence-electron chi connectivity index (χ0n) is 17.0. The van der Waals surface area contributed by atoms with E-state index in [-0.39, 0.29) is 17.7 Å². The standard InChI is InChI=1S/C19H25FN8O2/c1-3-22-19(30)26-18-23-7-6-13(24-18)12-27-8-10-28(11-9-27)15-5-4-14(17(29)21-2)25-16(15)20/h4-7H,3,8-12H2,1-2H3,(H,21,29)(H2,22,23,24,26,30). The van der Waals surface area contributed by atoms with Crippen LogP contribution in [0.1, 0.15) is 23.1 Å². The molecule has 3 amide bonds. The van der Waals surface area contributed by atoms with E-state index in [1.165, 1.54) is 13.1 Å². The minimum atomic E-state index is -0.651. The van der Waals surface area contributed by atoms with Crippen molar-refractivity contribution in [2.45, 2.75) is 13.5 Å². The second-order valence-electron chi connectivity index (χ2n) is 6.70. The summed E-state index contributed by atoms with van der Waals surface area (Å²) < 4.78 is 14.4. The van der Waals surface area contributed by atoms with E-state index in [0.29, 0.717) is 45.0 Å². The molecule has 0 atom stereocenters. The van der Waals surface area contributed by atoms with Crippen LogP contribution < -0.4 is 20.9 Å². The van der Waals surface area contributed by atoms with Gasteiger partial charge in [0.15, 0.2) is 0 Å². The first-order valence-corrected chi connectivity index (χ1v) is 9.73. The number of nitrogens with one attached hydrogen (secondary N) is 3. The Morgan fingerprint density at radius 2 is 1.90 bits per heavy atom. The summed E-state index contributed by atoms with van der Waals surface area (Å²) in [6.07, 6.45) is 1.61. The molecule has 1 aliphatic heterocycles. The maximum atomic E-state index is 14.4. The third-order valence-electron chi connectivity index (χ3n) is 4.66. The summed E-state index contributed by atoms with van der Waals surface area (Å²) in [4.78, 5) is 39.5. The Balaban J connectivity index is 1.56. The molecule has 1 fully saturated rings. The van der Waals surface area contributed by atoms with Crippen LogP contribution in [0.2, 0.25) is 0 Å². The first-order valence-electron chi connectivity index (χ1n) is 9.73. The van der Waals surface area contributed by atoms with E-state index < -0.39 is 11.9 Å². The van der Waals surface area contributed by atoms with Gasteiger partial charge in [0.05, 0.1) is 11.4 Å². The fourth-order valence-corrected chi connectivity index (χ4v) is 3.14. The molecule has 30 heavy (non-hydrogen) atoms. The van der Waals surface area contributed by atoms with Crippen LogP contribution in [0.5, 0.6) is 0 Å². The van der Waals surface area contributed by atoms with Gasteiger partial charge in [0, 0.05) is 52.5 Å². The highest BCUT2D eigenvalue weighted by atomic mass is 19.1. The molecule has 1 aliphatic rings. The lowest BCUT2D eigenvalue weighted by atomic mass is 10.2. The van der Waals surface area contributed by atoms with Crippen LogP contribution in [0.3, 0.4) is 0 Å². The predicted octanol–water partition coefficient (Wildman–Crippen LogP) is 0.834. The summed E-state index contributed by atoms with van der Waals surface area (Å²) in [5, 5.41) is 7.66. The van der Waals surface area contributed by atoms with Gasteiger partial charge >= 0.3 is 6.03 Å². The second kappa shape index (κ2) is 9.92. The van der Waals surface area contributed by atoms with E-state index in [4.69, 9.17) is 0 Å². The van der Waals surface area contributed by atoms with Gasteiger partial charge < -0.3 is 15.5 Å². The second-order valence-corrected chi connectivity index (χ2v) is 6.70. The summed E-state index contributed by atoms with van der Waals surface area (Å²) in [5.41, 5.74) is 1.23. The van der Waals surface area contributed by atoms with Crippen molar-refractivity contribution < 1.29 is 14.0 Å². The van der Waals surface area contributed by atoms with E-state index in [1.54, 1.807) is 18.3 Å². The van der Waals surface area contributed by atoms with Gasteiger partial charge in [0.1, 0.15) is 5.69 Å². The molecule has 0 unspecified atom stereocenters. The van der Waals surface area contributed by atoms with Crippen molar-refractivity contribution in [1.82, 2.24) is 30.5 Å². The lowest BCUT2D eigenvalue weighted by Gasteiger charge is -2.35. The molecular formula is C19H25FN8O2. The highest BCUT2D eigenvalue weighted by molar-refractivity contribution is 5.92. The predicted molar refractivity (Wildman–Crippen MR) is 110 cm³/mol. The number of piperazine rings is 1. The van der Waals surface area contributed by atoms with Crippen molar-refractivity contribution in [2.24, 2.45) is 0 Å². The molecule has 0 aliphatic carbocycles. The molecule has 0 saturated carbocycles. The zero-order chi connectivity index (χ0) is 21.5. The number of pyridine rings is 1. The maximum absolute atomic E-state index is 14.4. The number of aromatic nitrogens is 3. The minimum absolute atomic E-state index is 0.0539. The van der Waals surface area contributed by atoms with Crippen molar-refractivity contribution in [2.75, 3.05) is 50.0 Å². The monoisotopic (exact) mass is 416 g/mol. The van der Waals surface area contributed by atoms with Crippen molar-refractivity contribution in [3.63, 3.8) is 0 Å². The minimum Gasteiger partial charge on any atom is -0.365 e. The van der Waals surface area contributed by atoms with Crippen molar-refractivity contribution in [1.29, 1.82) is 0 Å². The molecule has 160 valence electrons. The Kier molecular flexibility index (Phi) is 7.07. The molecule has 1 saturated heterocycles. The zero-order valence-corrected chi connectivity index (χ0v) is 17.0. The lowest BCUT2D eigenvalue weighted by Crippen LogP contribution is -2.46. The number of amides is 3. The number of carbonyl (C=O) groups is 2. The van der Waals surface area contributed by atoms with E-state index in [1.807, 2.05) is 11.8 Å². The molecular weight excluding hydrogens is 391 g/mol. The third kappa shape index (κ3) is 5.38. The number of rotatable bonds is 6. The largest absolute Gasteiger partial charge is 0.365 e. The van der Waals surface area contributed by atoms with E-state index in [2.05, 4.69) is 35.8 Å². The van der Waals surface area contributed by atoms with Crippen molar-refractivity contribution in [3.8, 4) is 0 Å². The van der Waals surface area contributed by atoms with Gasteiger partial charge in [-0.1, -0.05) is 0 Å². The molecule has 0 aromatic carbocycles. The number of hydrogen-bond acceptors (Lipinski definition) is 7. The first kappa shape index (κ1) is 21.4. The number of halogens is 1. The fraction of sp³-hybridized carbons (Fsp3) is 0.421. The number of urea groups is 1. The molecule has 0 bridgehead atoms. The van der Waals surface area contributed by atoms with Crippen LogP contribution in [0.25, 0.3) is 0 Å². The van der Waals surface area contributed by atoms with E-state index >= 15 is 0 Å². The van der Waals surface area contributed by atoms with Crippen LogP contribution in [0, 0.1) is 5.95 Å². The van der Waals surface area contributed by atoms with Gasteiger partial charge in [-0.15, -0.1) is 0 Å². The summed E-state index contributed by atoms with van der Waals surface area (Å²) in [7, 11) is 1.48. The van der Waals surface area contributed by atoms with Gasteiger partial charge in [-0.25, -0.2) is 19.7 Å². The lowest BCUT2D eigenvalue weighted by molar-refractivity contribution is 0.0957. The van der Waals surface area contributed by atoms with Gasteiger partial charge in [-0.3, -0.25) is 15.0 Å². The smallest absolute Gasteiger partial charge is 0.321 e. The van der Waals surface area contributed by atoms with Crippen LogP contribution in [-0.2, 0) is 6.54 Å². The number of anilines is 2. The quantitative estimate of drug-likeness (QED) is 0.598. The SMILES string of the molecule is CCNC(=O)Nc1nccc(CN2CCN(c3ccc(C(=O)NC)nc3F)CC2)n1. The Morgan fingerprint density at radius 3 is 2.57 bits per heavy atom. The maximum Gasteiger partial charge on any atom is 0.321 e. The Labute approximate surface area is 173 Å². The van der Waals surface area contributed by atoms with Crippen LogP contribution in [0.4, 0.5) is 20.8 Å². The first-order chi connectivity index (χ1) is 14.5.